The maximum Gasteiger partial charge on any atom is 0.318 e. The maximum atomic E-state index is 14.3. The molecule has 26 heavy (non-hydrogen) atoms. The molecular formula is C22H19N2OP. The molecule has 0 aromatic heterocycles. The zero-order chi connectivity index (χ0) is 18.0. The largest absolute Gasteiger partial charge is 0.318 e. The summed E-state index contributed by atoms with van der Waals surface area (Å²) in [5, 5.41) is 4.79. The van der Waals surface area contributed by atoms with Crippen LogP contribution in [0.25, 0.3) is 4.85 Å². The summed E-state index contributed by atoms with van der Waals surface area (Å²) in [6.07, 6.45) is 1.44. The topological polar surface area (TPSA) is 33.5 Å². The van der Waals surface area contributed by atoms with Gasteiger partial charge >= 0.3 is 5.66 Å². The summed E-state index contributed by atoms with van der Waals surface area (Å²) in [6, 6.07) is 26.8. The first-order valence-electron chi connectivity index (χ1n) is 8.66. The van der Waals surface area contributed by atoms with Crippen LogP contribution in [0.3, 0.4) is 0 Å². The molecule has 1 unspecified atom stereocenters. The van der Waals surface area contributed by atoms with Crippen molar-refractivity contribution in [1.29, 1.82) is 0 Å². The predicted molar refractivity (Wildman–Crippen MR) is 106 cm³/mol. The Bertz CT molecular complexity index is 968. The van der Waals surface area contributed by atoms with E-state index in [1.807, 2.05) is 78.9 Å². The van der Waals surface area contributed by atoms with Crippen molar-refractivity contribution in [2.45, 2.75) is 18.5 Å². The number of benzene rings is 3. The van der Waals surface area contributed by atoms with Crippen LogP contribution in [0, 0.1) is 6.57 Å². The van der Waals surface area contributed by atoms with Crippen molar-refractivity contribution in [3.05, 3.63) is 107 Å². The zero-order valence-corrected chi connectivity index (χ0v) is 15.2. The Kier molecular flexibility index (Phi) is 4.24. The smallest absolute Gasteiger partial charge is 0.296 e. The van der Waals surface area contributed by atoms with E-state index in [4.69, 9.17) is 6.57 Å². The highest BCUT2D eigenvalue weighted by Crippen LogP contribution is 2.48. The van der Waals surface area contributed by atoms with Crippen molar-refractivity contribution in [1.82, 2.24) is 5.09 Å². The first kappa shape index (κ1) is 16.8. The van der Waals surface area contributed by atoms with Gasteiger partial charge < -0.3 is 0 Å². The number of rotatable bonds is 4. The third-order valence-corrected chi connectivity index (χ3v) is 7.73. The average Bonchev–Trinajstić information content (AvgIpc) is 3.08. The Hall–Kier alpha value is -2.66. The minimum absolute atomic E-state index is 0.625. The minimum Gasteiger partial charge on any atom is -0.296 e. The molecule has 128 valence electrons. The second kappa shape index (κ2) is 6.57. The van der Waals surface area contributed by atoms with Crippen LogP contribution in [-0.4, -0.2) is 0 Å². The molecule has 0 fully saturated rings. The van der Waals surface area contributed by atoms with Gasteiger partial charge in [-0.1, -0.05) is 54.6 Å². The first-order valence-corrected chi connectivity index (χ1v) is 10.4. The van der Waals surface area contributed by atoms with Crippen molar-refractivity contribution in [3.8, 4) is 0 Å². The Morgan fingerprint density at radius 2 is 1.38 bits per heavy atom. The Morgan fingerprint density at radius 3 is 1.96 bits per heavy atom. The summed E-state index contributed by atoms with van der Waals surface area (Å²) in [5.74, 6) is 0. The van der Waals surface area contributed by atoms with Gasteiger partial charge in [0, 0.05) is 10.6 Å². The normalized spacial score (nSPS) is 18.9. The lowest BCUT2D eigenvalue weighted by atomic mass is 10.0. The van der Waals surface area contributed by atoms with Gasteiger partial charge in [0.1, 0.15) is 0 Å². The van der Waals surface area contributed by atoms with Gasteiger partial charge in [-0.15, -0.1) is 0 Å². The lowest BCUT2D eigenvalue weighted by Crippen LogP contribution is -2.40. The van der Waals surface area contributed by atoms with E-state index in [9.17, 15) is 4.57 Å². The van der Waals surface area contributed by atoms with Crippen molar-refractivity contribution in [2.75, 3.05) is 0 Å². The molecule has 0 heterocycles. The van der Waals surface area contributed by atoms with E-state index in [1.165, 1.54) is 0 Å². The molecule has 4 heteroatoms. The predicted octanol–water partition coefficient (Wildman–Crippen LogP) is 4.22. The van der Waals surface area contributed by atoms with Crippen molar-refractivity contribution >= 4 is 17.9 Å². The van der Waals surface area contributed by atoms with Gasteiger partial charge in [-0.25, -0.2) is 6.57 Å². The molecule has 3 aromatic carbocycles. The van der Waals surface area contributed by atoms with Gasteiger partial charge in [-0.05, 0) is 42.3 Å². The summed E-state index contributed by atoms with van der Waals surface area (Å²) >= 11 is 0. The number of aryl methyl sites for hydroxylation is 1. The maximum absolute atomic E-state index is 14.3. The molecule has 0 bridgehead atoms. The van der Waals surface area contributed by atoms with Gasteiger partial charge in [0.05, 0.1) is 12.0 Å². The molecule has 1 N–H and O–H groups in total. The summed E-state index contributed by atoms with van der Waals surface area (Å²) in [7, 11) is -3.17. The molecule has 4 rings (SSSR count). The minimum atomic E-state index is -3.17. The van der Waals surface area contributed by atoms with Crippen LogP contribution in [0.2, 0.25) is 0 Å². The zero-order valence-electron chi connectivity index (χ0n) is 14.3. The molecule has 0 aliphatic heterocycles. The van der Waals surface area contributed by atoms with Crippen LogP contribution in [0.15, 0.2) is 84.9 Å². The highest BCUT2D eigenvalue weighted by molar-refractivity contribution is 7.77. The third-order valence-electron chi connectivity index (χ3n) is 4.99. The van der Waals surface area contributed by atoms with Crippen LogP contribution in [0.4, 0.5) is 0 Å². The summed E-state index contributed by atoms with van der Waals surface area (Å²) in [4.78, 5) is 3.96. The lowest BCUT2D eigenvalue weighted by Gasteiger charge is -2.27. The van der Waals surface area contributed by atoms with Gasteiger partial charge in [-0.2, -0.15) is 5.09 Å². The van der Waals surface area contributed by atoms with E-state index in [1.54, 1.807) is 0 Å². The van der Waals surface area contributed by atoms with Crippen LogP contribution < -0.4 is 15.7 Å². The van der Waals surface area contributed by atoms with Gasteiger partial charge in [0.15, 0.2) is 0 Å². The first-order chi connectivity index (χ1) is 12.7. The van der Waals surface area contributed by atoms with Crippen LogP contribution >= 0.6 is 7.29 Å². The van der Waals surface area contributed by atoms with E-state index < -0.39 is 13.0 Å². The molecule has 3 nitrogen and oxygen atoms in total. The van der Waals surface area contributed by atoms with Crippen LogP contribution in [0.1, 0.15) is 17.5 Å². The Labute approximate surface area is 153 Å². The molecule has 1 aliphatic rings. The Balaban J connectivity index is 1.87. The lowest BCUT2D eigenvalue weighted by molar-refractivity contribution is 0.481. The number of fused-ring (bicyclic) bond motifs is 1. The molecule has 3 aromatic rings. The highest BCUT2D eigenvalue weighted by Gasteiger charge is 2.50. The molecule has 0 saturated carbocycles. The molecular weight excluding hydrogens is 339 g/mol. The second-order valence-electron chi connectivity index (χ2n) is 6.52. The van der Waals surface area contributed by atoms with Gasteiger partial charge in [-0.3, -0.25) is 9.41 Å². The average molecular weight is 358 g/mol. The second-order valence-corrected chi connectivity index (χ2v) is 9.00. The number of nitrogens with one attached hydrogen (secondary N) is 1. The molecule has 0 amide bonds. The monoisotopic (exact) mass is 358 g/mol. The van der Waals surface area contributed by atoms with Gasteiger partial charge in [0.25, 0.3) is 0 Å². The fourth-order valence-electron chi connectivity index (χ4n) is 3.66. The van der Waals surface area contributed by atoms with E-state index >= 15 is 0 Å². The quantitative estimate of drug-likeness (QED) is 0.559. The third kappa shape index (κ3) is 2.69. The van der Waals surface area contributed by atoms with Crippen molar-refractivity contribution in [3.63, 3.8) is 0 Å². The fourth-order valence-corrected chi connectivity index (χ4v) is 6.21. The summed E-state index contributed by atoms with van der Waals surface area (Å²) in [6.45, 7) is 7.93. The molecule has 0 saturated heterocycles. The molecule has 0 radical (unpaired) electrons. The van der Waals surface area contributed by atoms with Crippen LogP contribution in [-0.2, 0) is 16.6 Å². The SMILES string of the molecule is [C-]#[N+]C1(NP(=O)(c2ccccc2)c2ccccc2)CCc2ccccc21. The highest BCUT2D eigenvalue weighted by atomic mass is 31.2. The molecule has 0 spiro atoms. The van der Waals surface area contributed by atoms with Crippen LogP contribution in [0.5, 0.6) is 0 Å². The summed E-state index contributed by atoms with van der Waals surface area (Å²) in [5.41, 5.74) is 1.14. The number of hydrogen-bond donors (Lipinski definition) is 1. The van der Waals surface area contributed by atoms with Gasteiger partial charge in [0.2, 0.25) is 7.29 Å². The van der Waals surface area contributed by atoms with E-state index in [2.05, 4.69) is 16.0 Å². The van der Waals surface area contributed by atoms with E-state index in [0.29, 0.717) is 6.42 Å². The number of hydrogen-bond acceptors (Lipinski definition) is 1. The van der Waals surface area contributed by atoms with Crippen molar-refractivity contribution in [2.24, 2.45) is 0 Å². The Morgan fingerprint density at radius 1 is 0.846 bits per heavy atom. The van der Waals surface area contributed by atoms with Crippen molar-refractivity contribution < 1.29 is 4.57 Å². The molecule has 1 aliphatic carbocycles. The van der Waals surface area contributed by atoms with E-state index in [-0.39, 0.29) is 0 Å². The summed E-state index contributed by atoms with van der Waals surface area (Å²) < 4.78 is 14.3. The molecule has 1 atom stereocenters. The standard InChI is InChI=1S/C22H19N2OP/c1-23-22(17-16-18-10-8-9-15-21(18)22)24-26(25,19-11-4-2-5-12-19)20-13-6-3-7-14-20/h2-15H,16-17H2,(H,24,25). The fraction of sp³-hybridized carbons (Fsp3) is 0.136. The number of nitrogens with zero attached hydrogens (tertiary/aromatic N) is 1. The van der Waals surface area contributed by atoms with E-state index in [0.717, 1.165) is 28.2 Å².